The van der Waals surface area contributed by atoms with E-state index in [1.807, 2.05) is 18.5 Å². The van der Waals surface area contributed by atoms with Crippen molar-refractivity contribution in [1.82, 2.24) is 9.88 Å². The molecule has 3 heteroatoms. The first-order valence-corrected chi connectivity index (χ1v) is 9.33. The van der Waals surface area contributed by atoms with Crippen LogP contribution in [0.25, 0.3) is 0 Å². The second-order valence-corrected chi connectivity index (χ2v) is 7.11. The molecular weight excluding hydrogens is 294 g/mol. The summed E-state index contributed by atoms with van der Waals surface area (Å²) in [6.07, 6.45) is 8.61. The molecular formula is C21H27N3. The molecule has 0 radical (unpaired) electrons. The number of aromatic nitrogens is 1. The van der Waals surface area contributed by atoms with Crippen LogP contribution in [0.5, 0.6) is 0 Å². The summed E-state index contributed by atoms with van der Waals surface area (Å²) in [5.41, 5.74) is 5.71. The average molecular weight is 321 g/mol. The number of hydrogen-bond acceptors (Lipinski definition) is 3. The van der Waals surface area contributed by atoms with Gasteiger partial charge in [0.25, 0.3) is 0 Å². The molecule has 0 amide bonds. The molecule has 3 nitrogen and oxygen atoms in total. The van der Waals surface area contributed by atoms with Gasteiger partial charge in [0.2, 0.25) is 0 Å². The molecule has 0 aliphatic carbocycles. The van der Waals surface area contributed by atoms with Crippen molar-refractivity contribution in [3.63, 3.8) is 0 Å². The highest BCUT2D eigenvalue weighted by Gasteiger charge is 2.28. The molecule has 0 bridgehead atoms. The van der Waals surface area contributed by atoms with E-state index in [-0.39, 0.29) is 0 Å². The first-order valence-electron chi connectivity index (χ1n) is 9.33. The van der Waals surface area contributed by atoms with Gasteiger partial charge in [-0.2, -0.15) is 0 Å². The van der Waals surface area contributed by atoms with Gasteiger partial charge in [-0.05, 0) is 61.1 Å². The van der Waals surface area contributed by atoms with E-state index >= 15 is 0 Å². The zero-order valence-electron chi connectivity index (χ0n) is 14.6. The van der Waals surface area contributed by atoms with Gasteiger partial charge in [0, 0.05) is 43.8 Å². The van der Waals surface area contributed by atoms with Crippen LogP contribution in [0.4, 0.5) is 5.69 Å². The third-order valence-corrected chi connectivity index (χ3v) is 5.66. The lowest BCUT2D eigenvalue weighted by atomic mass is 10.0. The maximum Gasteiger partial charge on any atom is 0.0404 e. The molecule has 2 aliphatic heterocycles. The van der Waals surface area contributed by atoms with Crippen molar-refractivity contribution >= 4 is 5.69 Å². The number of rotatable bonds is 4. The van der Waals surface area contributed by atoms with E-state index in [9.17, 15) is 0 Å². The normalized spacial score (nSPS) is 18.8. The maximum atomic E-state index is 4.24. The van der Waals surface area contributed by atoms with Crippen LogP contribution >= 0.6 is 0 Å². The lowest BCUT2D eigenvalue weighted by Crippen LogP contribution is -2.44. The lowest BCUT2D eigenvalue weighted by Gasteiger charge is -2.37. The Balaban J connectivity index is 1.51. The van der Waals surface area contributed by atoms with Gasteiger partial charge >= 0.3 is 0 Å². The summed E-state index contributed by atoms with van der Waals surface area (Å²) >= 11 is 0. The largest absolute Gasteiger partial charge is 0.368 e. The predicted octanol–water partition coefficient (Wildman–Crippen LogP) is 3.52. The van der Waals surface area contributed by atoms with Gasteiger partial charge in [0.1, 0.15) is 0 Å². The zero-order valence-corrected chi connectivity index (χ0v) is 14.6. The van der Waals surface area contributed by atoms with Crippen LogP contribution < -0.4 is 4.90 Å². The molecule has 2 aromatic rings. The highest BCUT2D eigenvalue weighted by molar-refractivity contribution is 5.60. The lowest BCUT2D eigenvalue weighted by molar-refractivity contribution is 0.219. The molecule has 0 saturated carbocycles. The molecule has 24 heavy (non-hydrogen) atoms. The Bertz CT molecular complexity index is 675. The van der Waals surface area contributed by atoms with Gasteiger partial charge in [-0.25, -0.2) is 0 Å². The Morgan fingerprint density at radius 1 is 1.08 bits per heavy atom. The molecule has 1 fully saturated rings. The number of anilines is 1. The molecule has 0 N–H and O–H groups in total. The summed E-state index contributed by atoms with van der Waals surface area (Å²) in [5.74, 6) is 0. The summed E-state index contributed by atoms with van der Waals surface area (Å²) in [7, 11) is 0. The summed E-state index contributed by atoms with van der Waals surface area (Å²) in [6.45, 7) is 7.17. The molecule has 4 rings (SSSR count). The fourth-order valence-electron chi connectivity index (χ4n) is 4.22. The van der Waals surface area contributed by atoms with E-state index in [0.29, 0.717) is 0 Å². The molecule has 0 atom stereocenters. The van der Waals surface area contributed by atoms with E-state index in [1.54, 1.807) is 0 Å². The Hall–Kier alpha value is -1.87. The van der Waals surface area contributed by atoms with Crippen molar-refractivity contribution in [2.75, 3.05) is 31.1 Å². The molecule has 1 aromatic heterocycles. The van der Waals surface area contributed by atoms with Crippen LogP contribution in [0.15, 0.2) is 42.7 Å². The molecule has 0 unspecified atom stereocenters. The Morgan fingerprint density at radius 2 is 1.96 bits per heavy atom. The van der Waals surface area contributed by atoms with Crippen LogP contribution in [-0.4, -0.2) is 42.1 Å². The monoisotopic (exact) mass is 321 g/mol. The van der Waals surface area contributed by atoms with Crippen molar-refractivity contribution in [2.45, 2.75) is 38.6 Å². The maximum absolute atomic E-state index is 4.24. The van der Waals surface area contributed by atoms with Crippen LogP contribution in [0.3, 0.4) is 0 Å². The summed E-state index contributed by atoms with van der Waals surface area (Å²) in [6, 6.07) is 12.0. The Kier molecular flexibility index (Phi) is 4.52. The zero-order chi connectivity index (χ0) is 16.4. The molecule has 3 heterocycles. The van der Waals surface area contributed by atoms with Gasteiger partial charge in [-0.3, -0.25) is 4.98 Å². The Morgan fingerprint density at radius 3 is 2.71 bits per heavy atom. The number of piperidine rings is 1. The standard InChI is InChI=1S/C21H27N3/c1-2-23-11-8-20(9-12-23)24-13-7-19-6-5-17(15-21(19)24)14-18-4-3-10-22-16-18/h3-6,10,15-16,20H,2,7-9,11-14H2,1H3. The van der Waals surface area contributed by atoms with Gasteiger partial charge in [-0.15, -0.1) is 0 Å². The van der Waals surface area contributed by atoms with Gasteiger partial charge in [0.05, 0.1) is 0 Å². The highest BCUT2D eigenvalue weighted by atomic mass is 15.2. The molecule has 126 valence electrons. The van der Waals surface area contributed by atoms with Crippen LogP contribution in [0.2, 0.25) is 0 Å². The van der Waals surface area contributed by atoms with Crippen LogP contribution in [-0.2, 0) is 12.8 Å². The van der Waals surface area contributed by atoms with Crippen molar-refractivity contribution in [1.29, 1.82) is 0 Å². The average Bonchev–Trinajstić information content (AvgIpc) is 3.06. The van der Waals surface area contributed by atoms with E-state index in [1.165, 1.54) is 67.8 Å². The summed E-state index contributed by atoms with van der Waals surface area (Å²) in [5, 5.41) is 0. The van der Waals surface area contributed by atoms with Crippen molar-refractivity contribution in [3.05, 3.63) is 59.4 Å². The second-order valence-electron chi connectivity index (χ2n) is 7.11. The van der Waals surface area contributed by atoms with Crippen molar-refractivity contribution < 1.29 is 0 Å². The number of nitrogens with zero attached hydrogens (tertiary/aromatic N) is 3. The minimum atomic E-state index is 0.725. The smallest absolute Gasteiger partial charge is 0.0404 e. The topological polar surface area (TPSA) is 19.4 Å². The van der Waals surface area contributed by atoms with Gasteiger partial charge in [0.15, 0.2) is 0 Å². The molecule has 2 aliphatic rings. The van der Waals surface area contributed by atoms with E-state index in [4.69, 9.17) is 0 Å². The van der Waals surface area contributed by atoms with Crippen molar-refractivity contribution in [2.24, 2.45) is 0 Å². The fraction of sp³-hybridized carbons (Fsp3) is 0.476. The molecule has 1 aromatic carbocycles. The Labute approximate surface area is 145 Å². The third-order valence-electron chi connectivity index (χ3n) is 5.66. The minimum Gasteiger partial charge on any atom is -0.368 e. The first-order chi connectivity index (χ1) is 11.8. The quantitative estimate of drug-likeness (QED) is 0.859. The predicted molar refractivity (Wildman–Crippen MR) is 99.7 cm³/mol. The van der Waals surface area contributed by atoms with E-state index < -0.39 is 0 Å². The first kappa shape index (κ1) is 15.6. The number of benzene rings is 1. The van der Waals surface area contributed by atoms with Crippen LogP contribution in [0, 0.1) is 0 Å². The number of pyridine rings is 1. The SMILES string of the molecule is CCN1CCC(N2CCc3ccc(Cc4cccnc4)cc32)CC1. The number of fused-ring (bicyclic) bond motifs is 1. The summed E-state index contributed by atoms with van der Waals surface area (Å²) < 4.78 is 0. The molecule has 0 spiro atoms. The third kappa shape index (κ3) is 3.18. The summed E-state index contributed by atoms with van der Waals surface area (Å²) in [4.78, 5) is 9.51. The fourth-order valence-corrected chi connectivity index (χ4v) is 4.22. The number of likely N-dealkylation sites (tertiary alicyclic amines) is 1. The van der Waals surface area contributed by atoms with Gasteiger partial charge < -0.3 is 9.80 Å². The van der Waals surface area contributed by atoms with Gasteiger partial charge in [-0.1, -0.05) is 25.1 Å². The highest BCUT2D eigenvalue weighted by Crippen LogP contribution is 2.34. The second kappa shape index (κ2) is 6.94. The van der Waals surface area contributed by atoms with E-state index in [2.05, 4.69) is 46.0 Å². The van der Waals surface area contributed by atoms with Crippen molar-refractivity contribution in [3.8, 4) is 0 Å². The molecule has 1 saturated heterocycles. The van der Waals surface area contributed by atoms with Crippen LogP contribution in [0.1, 0.15) is 36.5 Å². The van der Waals surface area contributed by atoms with E-state index in [0.717, 1.165) is 12.5 Å². The number of hydrogen-bond donors (Lipinski definition) is 0. The minimum absolute atomic E-state index is 0.725.